The number of allylic oxidation sites excluding steroid dienone is 2. The summed E-state index contributed by atoms with van der Waals surface area (Å²) in [5, 5.41) is 15.1. The molecule has 4 rings (SSSR count). The first-order chi connectivity index (χ1) is 20.9. The molecule has 0 saturated heterocycles. The summed E-state index contributed by atoms with van der Waals surface area (Å²) in [5.41, 5.74) is 0. The van der Waals surface area contributed by atoms with E-state index in [-0.39, 0.29) is 42.4 Å². The summed E-state index contributed by atoms with van der Waals surface area (Å²) in [6, 6.07) is -0.0513. The maximum atomic E-state index is 13.0. The number of nitrogens with one attached hydrogen (secondary N) is 2. The van der Waals surface area contributed by atoms with Crippen LogP contribution in [0.5, 0.6) is 0 Å². The molecule has 0 aromatic rings. The van der Waals surface area contributed by atoms with Crippen LogP contribution < -0.4 is 10.6 Å². The number of amides is 2. The van der Waals surface area contributed by atoms with E-state index in [1.165, 1.54) is 90.4 Å². The minimum Gasteiger partial charge on any atom is -0.463 e. The molecule has 3 fully saturated rings. The number of ether oxygens (including phenoxy) is 1. The average molecular weight is 603 g/mol. The van der Waals surface area contributed by atoms with Gasteiger partial charge in [-0.2, -0.15) is 0 Å². The van der Waals surface area contributed by atoms with Gasteiger partial charge in [-0.15, -0.1) is 0 Å². The van der Waals surface area contributed by atoms with Crippen LogP contribution in [0.2, 0.25) is 0 Å². The molecule has 0 aromatic heterocycles. The number of aliphatic hydroxyl groups excluding tert-OH is 1. The van der Waals surface area contributed by atoms with Crippen LogP contribution in [0.4, 0.5) is 0 Å². The van der Waals surface area contributed by atoms with Gasteiger partial charge in [0.15, 0.2) is 0 Å². The molecule has 0 radical (unpaired) electrons. The second-order valence-electron chi connectivity index (χ2n) is 13.9. The Labute approximate surface area is 261 Å². The van der Waals surface area contributed by atoms with Crippen molar-refractivity contribution in [3.8, 4) is 0 Å². The summed E-state index contributed by atoms with van der Waals surface area (Å²) in [6.45, 7) is 1.92. The van der Waals surface area contributed by atoms with Gasteiger partial charge in [0.25, 0.3) is 0 Å². The van der Waals surface area contributed by atoms with Gasteiger partial charge in [-0.1, -0.05) is 95.6 Å². The summed E-state index contributed by atoms with van der Waals surface area (Å²) in [4.78, 5) is 36.3. The zero-order chi connectivity index (χ0) is 30.7. The molecule has 3 aliphatic carbocycles. The van der Waals surface area contributed by atoms with Crippen molar-refractivity contribution >= 4 is 17.8 Å². The van der Waals surface area contributed by atoms with E-state index >= 15 is 0 Å². The monoisotopic (exact) mass is 602 g/mol. The highest BCUT2D eigenvalue weighted by atomic mass is 16.5. The fourth-order valence-corrected chi connectivity index (χ4v) is 7.78. The van der Waals surface area contributed by atoms with Crippen LogP contribution in [-0.2, 0) is 19.1 Å². The van der Waals surface area contributed by atoms with Crippen LogP contribution in [0.25, 0.3) is 0 Å². The number of hydrogen-bond acceptors (Lipinski definition) is 5. The number of aliphatic hydroxyl groups is 1. The lowest BCUT2D eigenvalue weighted by atomic mass is 9.81. The summed E-state index contributed by atoms with van der Waals surface area (Å²) in [7, 11) is 0. The Morgan fingerprint density at radius 3 is 2.09 bits per heavy atom. The van der Waals surface area contributed by atoms with E-state index in [0.717, 1.165) is 51.4 Å². The van der Waals surface area contributed by atoms with E-state index < -0.39 is 0 Å². The molecular formula is C36H62N2O5. The van der Waals surface area contributed by atoms with Gasteiger partial charge in [0.1, 0.15) is 6.61 Å². The minimum atomic E-state index is -0.0418. The molecule has 3 saturated carbocycles. The Morgan fingerprint density at radius 1 is 0.860 bits per heavy atom. The van der Waals surface area contributed by atoms with Crippen LogP contribution in [-0.4, -0.2) is 48.2 Å². The van der Waals surface area contributed by atoms with Crippen LogP contribution >= 0.6 is 0 Å². The lowest BCUT2D eigenvalue weighted by molar-refractivity contribution is -0.151. The molecular weight excluding hydrogens is 540 g/mol. The molecule has 4 aliphatic rings. The first-order valence-electron chi connectivity index (χ1n) is 17.9. The van der Waals surface area contributed by atoms with Crippen molar-refractivity contribution in [3.63, 3.8) is 0 Å². The van der Waals surface area contributed by atoms with E-state index in [0.29, 0.717) is 30.8 Å². The molecule has 3 N–H and O–H groups in total. The molecule has 7 heteroatoms. The SMILES string of the molecule is CC(=O)NC(CO)CC1CCCCC1.O=C1CC/C=C\CCCC(CC2CCCCC2)C(=O)OCC(C2CCCCC2)N1. The summed E-state index contributed by atoms with van der Waals surface area (Å²) in [6.07, 6.45) is 29.5. The highest BCUT2D eigenvalue weighted by Crippen LogP contribution is 2.32. The van der Waals surface area contributed by atoms with Crippen molar-refractivity contribution in [2.75, 3.05) is 13.2 Å². The molecule has 0 aromatic carbocycles. The third-order valence-electron chi connectivity index (χ3n) is 10.2. The minimum absolute atomic E-state index is 0.0194. The van der Waals surface area contributed by atoms with Crippen LogP contribution in [0, 0.1) is 23.7 Å². The normalized spacial score (nSPS) is 27.4. The van der Waals surface area contributed by atoms with E-state index in [2.05, 4.69) is 22.8 Å². The second kappa shape index (κ2) is 21.0. The van der Waals surface area contributed by atoms with Gasteiger partial charge in [0.05, 0.1) is 24.6 Å². The fourth-order valence-electron chi connectivity index (χ4n) is 7.78. The second-order valence-corrected chi connectivity index (χ2v) is 13.9. The Bertz CT molecular complexity index is 827. The molecule has 1 heterocycles. The summed E-state index contributed by atoms with van der Waals surface area (Å²) in [5.74, 6) is 1.89. The van der Waals surface area contributed by atoms with Crippen molar-refractivity contribution in [1.82, 2.24) is 10.6 Å². The molecule has 43 heavy (non-hydrogen) atoms. The first kappa shape index (κ1) is 35.6. The lowest BCUT2D eigenvalue weighted by Crippen LogP contribution is -2.45. The number of esters is 1. The van der Waals surface area contributed by atoms with Gasteiger partial charge in [-0.05, 0) is 69.1 Å². The van der Waals surface area contributed by atoms with E-state index in [4.69, 9.17) is 9.84 Å². The smallest absolute Gasteiger partial charge is 0.309 e. The highest BCUT2D eigenvalue weighted by Gasteiger charge is 2.29. The maximum absolute atomic E-state index is 13.0. The maximum Gasteiger partial charge on any atom is 0.309 e. The van der Waals surface area contributed by atoms with E-state index in [9.17, 15) is 14.4 Å². The third kappa shape index (κ3) is 14.6. The standard InChI is InChI=1S/C25H41NO3.C11H21NO2/c27-24-17-11-3-1-2-8-16-22(18-20-12-6-4-7-13-20)25(28)29-19-23(26-24)21-14-9-5-10-15-21;1-9(14)12-11(8-13)7-10-5-3-2-4-6-10/h1,3,20-23H,2,4-19H2,(H,26,27);10-11,13H,2-8H2,1H3,(H,12,14)/b3-1-;. The Balaban J connectivity index is 0.000000303. The van der Waals surface area contributed by atoms with Gasteiger partial charge >= 0.3 is 5.97 Å². The van der Waals surface area contributed by atoms with Gasteiger partial charge in [0.2, 0.25) is 11.8 Å². The van der Waals surface area contributed by atoms with Crippen LogP contribution in [0.3, 0.4) is 0 Å². The summed E-state index contributed by atoms with van der Waals surface area (Å²) < 4.78 is 5.88. The molecule has 0 bridgehead atoms. The average Bonchev–Trinajstić information content (AvgIpc) is 3.02. The van der Waals surface area contributed by atoms with Crippen molar-refractivity contribution < 1.29 is 24.2 Å². The van der Waals surface area contributed by atoms with Crippen molar-refractivity contribution in [2.45, 2.75) is 160 Å². The number of cyclic esters (lactones) is 1. The Kier molecular flexibility index (Phi) is 17.3. The van der Waals surface area contributed by atoms with Crippen LogP contribution in [0.15, 0.2) is 12.2 Å². The quantitative estimate of drug-likeness (QED) is 0.212. The zero-order valence-electron chi connectivity index (χ0n) is 27.2. The summed E-state index contributed by atoms with van der Waals surface area (Å²) >= 11 is 0. The van der Waals surface area contributed by atoms with E-state index in [1.54, 1.807) is 0 Å². The molecule has 2 amide bonds. The highest BCUT2D eigenvalue weighted by molar-refractivity contribution is 5.76. The van der Waals surface area contributed by atoms with Gasteiger partial charge < -0.3 is 20.5 Å². The van der Waals surface area contributed by atoms with Gasteiger partial charge in [0, 0.05) is 13.3 Å². The molecule has 246 valence electrons. The topological polar surface area (TPSA) is 105 Å². The fraction of sp³-hybridized carbons (Fsp3) is 0.861. The number of carbonyl (C=O) groups excluding carboxylic acids is 3. The van der Waals surface area contributed by atoms with Gasteiger partial charge in [-0.3, -0.25) is 14.4 Å². The van der Waals surface area contributed by atoms with Crippen LogP contribution in [0.1, 0.15) is 148 Å². The number of carbonyl (C=O) groups is 3. The lowest BCUT2D eigenvalue weighted by Gasteiger charge is -2.31. The van der Waals surface area contributed by atoms with Gasteiger partial charge in [-0.25, -0.2) is 0 Å². The third-order valence-corrected chi connectivity index (χ3v) is 10.2. The predicted molar refractivity (Wildman–Crippen MR) is 172 cm³/mol. The number of hydrogen-bond donors (Lipinski definition) is 3. The predicted octanol–water partition coefficient (Wildman–Crippen LogP) is 7.16. The number of rotatable bonds is 7. The van der Waals surface area contributed by atoms with Crippen molar-refractivity contribution in [3.05, 3.63) is 12.2 Å². The van der Waals surface area contributed by atoms with Crippen molar-refractivity contribution in [1.29, 1.82) is 0 Å². The zero-order valence-corrected chi connectivity index (χ0v) is 27.2. The largest absolute Gasteiger partial charge is 0.463 e. The molecule has 3 unspecified atom stereocenters. The Morgan fingerprint density at radius 2 is 1.47 bits per heavy atom. The molecule has 7 nitrogen and oxygen atoms in total. The first-order valence-corrected chi connectivity index (χ1v) is 17.9. The molecule has 0 spiro atoms. The Hall–Kier alpha value is -1.89. The molecule has 3 atom stereocenters. The van der Waals surface area contributed by atoms with E-state index in [1.807, 2.05) is 0 Å². The van der Waals surface area contributed by atoms with Crippen molar-refractivity contribution in [2.24, 2.45) is 23.7 Å². The molecule has 1 aliphatic heterocycles.